The minimum absolute atomic E-state index is 1.03. The van der Waals surface area contributed by atoms with E-state index >= 15 is 0 Å². The molecule has 2 aliphatic rings. The maximum atomic E-state index is 4.61. The third-order valence-electron chi connectivity index (χ3n) is 2.29. The van der Waals surface area contributed by atoms with Crippen molar-refractivity contribution in [1.82, 2.24) is 0 Å². The number of allylic oxidation sites excluding steroid dienone is 4. The Hall–Kier alpha value is -1.28. The van der Waals surface area contributed by atoms with Crippen molar-refractivity contribution >= 4 is 23.2 Å². The van der Waals surface area contributed by atoms with E-state index < -0.39 is 0 Å². The van der Waals surface area contributed by atoms with E-state index in [4.69, 9.17) is 0 Å². The van der Waals surface area contributed by atoms with Gasteiger partial charge in [0.2, 0.25) is 0 Å². The van der Waals surface area contributed by atoms with Crippen molar-refractivity contribution in [2.24, 2.45) is 4.99 Å². The fourth-order valence-electron chi connectivity index (χ4n) is 1.61. The molecule has 1 nitrogen and oxygen atoms in total. The van der Waals surface area contributed by atoms with E-state index in [0.29, 0.717) is 0 Å². The Labute approximate surface area is 87.2 Å². The topological polar surface area (TPSA) is 12.4 Å². The van der Waals surface area contributed by atoms with Crippen LogP contribution in [0.15, 0.2) is 57.3 Å². The number of aliphatic imine (C=N–C) groups is 1. The molecule has 14 heavy (non-hydrogen) atoms. The Morgan fingerprint density at radius 1 is 1.21 bits per heavy atom. The largest absolute Gasteiger partial charge is 0.247 e. The number of hydrogen-bond donors (Lipinski definition) is 0. The summed E-state index contributed by atoms with van der Waals surface area (Å²) < 4.78 is 0. The van der Waals surface area contributed by atoms with Crippen molar-refractivity contribution in [3.63, 3.8) is 0 Å². The second-order valence-corrected chi connectivity index (χ2v) is 4.36. The van der Waals surface area contributed by atoms with Gasteiger partial charge in [0.25, 0.3) is 0 Å². The van der Waals surface area contributed by atoms with Crippen molar-refractivity contribution < 1.29 is 0 Å². The van der Waals surface area contributed by atoms with Crippen LogP contribution in [0.5, 0.6) is 0 Å². The molecule has 3 rings (SSSR count). The number of rotatable bonds is 0. The molecule has 1 aromatic rings. The van der Waals surface area contributed by atoms with Gasteiger partial charge in [-0.1, -0.05) is 36.0 Å². The summed E-state index contributed by atoms with van der Waals surface area (Å²) in [6.07, 6.45) is 7.53. The molecular formula is C12H9NS. The summed E-state index contributed by atoms with van der Waals surface area (Å²) in [5, 5.41) is 0. The summed E-state index contributed by atoms with van der Waals surface area (Å²) >= 11 is 1.82. The Morgan fingerprint density at radius 2 is 2.14 bits per heavy atom. The highest BCUT2D eigenvalue weighted by atomic mass is 32.2. The lowest BCUT2D eigenvalue weighted by atomic mass is 10.1. The standard InChI is InChI=1S/C12H9NS/c1-3-7-11-9(5-1)13-10-6-2-4-8-12(10)14-11/h1-3,5-8H,4H2. The molecule has 0 aromatic heterocycles. The van der Waals surface area contributed by atoms with E-state index in [2.05, 4.69) is 41.4 Å². The van der Waals surface area contributed by atoms with Crippen molar-refractivity contribution in [1.29, 1.82) is 0 Å². The van der Waals surface area contributed by atoms with Crippen LogP contribution in [0.2, 0.25) is 0 Å². The summed E-state index contributed by atoms with van der Waals surface area (Å²) in [4.78, 5) is 7.17. The third kappa shape index (κ3) is 1.23. The zero-order valence-electron chi connectivity index (χ0n) is 7.60. The molecule has 1 aliphatic carbocycles. The molecule has 0 saturated heterocycles. The zero-order valence-corrected chi connectivity index (χ0v) is 8.42. The lowest BCUT2D eigenvalue weighted by Crippen LogP contribution is -2.02. The van der Waals surface area contributed by atoms with Crippen LogP contribution < -0.4 is 0 Å². The van der Waals surface area contributed by atoms with Crippen molar-refractivity contribution in [2.75, 3.05) is 0 Å². The van der Waals surface area contributed by atoms with Crippen LogP contribution >= 0.6 is 11.8 Å². The predicted molar refractivity (Wildman–Crippen MR) is 61.2 cm³/mol. The first-order chi connectivity index (χ1) is 6.93. The molecule has 0 bridgehead atoms. The second kappa shape index (κ2) is 3.14. The molecule has 0 radical (unpaired) electrons. The average molecular weight is 199 g/mol. The van der Waals surface area contributed by atoms with Gasteiger partial charge in [0.05, 0.1) is 11.4 Å². The fraction of sp³-hybridized carbons (Fsp3) is 0.0833. The Kier molecular flexibility index (Phi) is 1.81. The van der Waals surface area contributed by atoms with Crippen molar-refractivity contribution in [3.05, 3.63) is 47.4 Å². The highest BCUT2D eigenvalue weighted by molar-refractivity contribution is 8.04. The quantitative estimate of drug-likeness (QED) is 0.620. The molecule has 2 heteroatoms. The number of fused-ring (bicyclic) bond motifs is 2. The van der Waals surface area contributed by atoms with Gasteiger partial charge in [-0.05, 0) is 24.6 Å². The van der Waals surface area contributed by atoms with Crippen molar-refractivity contribution in [2.45, 2.75) is 11.3 Å². The van der Waals surface area contributed by atoms with E-state index in [1.54, 1.807) is 0 Å². The first kappa shape index (κ1) is 8.06. The molecule has 0 fully saturated rings. The van der Waals surface area contributed by atoms with Gasteiger partial charge in [0.1, 0.15) is 0 Å². The molecule has 68 valence electrons. The van der Waals surface area contributed by atoms with Gasteiger partial charge in [-0.25, -0.2) is 4.99 Å². The summed E-state index contributed by atoms with van der Waals surface area (Å²) in [5.41, 5.74) is 2.20. The molecule has 0 N–H and O–H groups in total. The van der Waals surface area contributed by atoms with Crippen LogP contribution in [-0.4, -0.2) is 5.71 Å². The molecule has 0 saturated carbocycles. The minimum Gasteiger partial charge on any atom is -0.247 e. The fourth-order valence-corrected chi connectivity index (χ4v) is 2.61. The van der Waals surface area contributed by atoms with Crippen LogP contribution in [0.25, 0.3) is 0 Å². The maximum absolute atomic E-state index is 4.61. The van der Waals surface area contributed by atoms with E-state index in [-0.39, 0.29) is 0 Å². The van der Waals surface area contributed by atoms with Gasteiger partial charge < -0.3 is 0 Å². The number of nitrogens with zero attached hydrogens (tertiary/aromatic N) is 1. The average Bonchev–Trinajstić information content (AvgIpc) is 2.26. The monoisotopic (exact) mass is 199 g/mol. The van der Waals surface area contributed by atoms with E-state index in [1.807, 2.05) is 17.8 Å². The number of benzene rings is 1. The maximum Gasteiger partial charge on any atom is 0.0776 e. The first-order valence-corrected chi connectivity index (χ1v) is 5.48. The summed E-state index contributed by atoms with van der Waals surface area (Å²) in [6, 6.07) is 8.28. The minimum atomic E-state index is 1.03. The van der Waals surface area contributed by atoms with E-state index in [1.165, 1.54) is 9.80 Å². The van der Waals surface area contributed by atoms with Crippen LogP contribution in [0.1, 0.15) is 6.42 Å². The Bertz CT molecular complexity index is 469. The lowest BCUT2D eigenvalue weighted by molar-refractivity contribution is 1.32. The SMILES string of the molecule is C1=CC2=Nc3ccccc3SC2=CC1. The zero-order chi connectivity index (χ0) is 9.38. The van der Waals surface area contributed by atoms with E-state index in [0.717, 1.165) is 17.8 Å². The summed E-state index contributed by atoms with van der Waals surface area (Å²) in [5.74, 6) is 0. The molecule has 0 atom stereocenters. The number of hydrogen-bond acceptors (Lipinski definition) is 2. The number of para-hydroxylation sites is 1. The van der Waals surface area contributed by atoms with Crippen molar-refractivity contribution in [3.8, 4) is 0 Å². The van der Waals surface area contributed by atoms with Crippen LogP contribution in [-0.2, 0) is 0 Å². The summed E-state index contributed by atoms with van der Waals surface area (Å²) in [6.45, 7) is 0. The van der Waals surface area contributed by atoms with Gasteiger partial charge in [-0.2, -0.15) is 0 Å². The second-order valence-electron chi connectivity index (χ2n) is 3.27. The normalized spacial score (nSPS) is 18.0. The van der Waals surface area contributed by atoms with Gasteiger partial charge >= 0.3 is 0 Å². The van der Waals surface area contributed by atoms with Crippen LogP contribution in [0, 0.1) is 0 Å². The van der Waals surface area contributed by atoms with Gasteiger partial charge in [-0.15, -0.1) is 0 Å². The first-order valence-electron chi connectivity index (χ1n) is 4.66. The third-order valence-corrected chi connectivity index (χ3v) is 3.45. The lowest BCUT2D eigenvalue weighted by Gasteiger charge is -2.17. The van der Waals surface area contributed by atoms with Gasteiger partial charge in [0.15, 0.2) is 0 Å². The van der Waals surface area contributed by atoms with Gasteiger partial charge in [0, 0.05) is 9.80 Å². The Balaban J connectivity index is 2.17. The molecule has 0 spiro atoms. The highest BCUT2D eigenvalue weighted by Crippen LogP contribution is 2.41. The Morgan fingerprint density at radius 3 is 3.14 bits per heavy atom. The van der Waals surface area contributed by atoms with E-state index in [9.17, 15) is 0 Å². The predicted octanol–water partition coefficient (Wildman–Crippen LogP) is 3.71. The van der Waals surface area contributed by atoms with Crippen LogP contribution in [0.3, 0.4) is 0 Å². The highest BCUT2D eigenvalue weighted by Gasteiger charge is 2.16. The smallest absolute Gasteiger partial charge is 0.0776 e. The number of thioether (sulfide) groups is 1. The molecule has 1 aliphatic heterocycles. The molecule has 1 heterocycles. The molecular weight excluding hydrogens is 190 g/mol. The molecule has 0 amide bonds. The molecule has 0 unspecified atom stereocenters. The van der Waals surface area contributed by atoms with Crippen LogP contribution in [0.4, 0.5) is 5.69 Å². The summed E-state index contributed by atoms with van der Waals surface area (Å²) in [7, 11) is 0. The van der Waals surface area contributed by atoms with Gasteiger partial charge in [-0.3, -0.25) is 0 Å². The molecule has 1 aromatic carbocycles.